The van der Waals surface area contributed by atoms with E-state index in [4.69, 9.17) is 0 Å². The average Bonchev–Trinajstić information content (AvgIpc) is 2.47. The molecule has 0 aromatic heterocycles. The molecule has 1 aliphatic rings. The Kier molecular flexibility index (Phi) is 3.88. The van der Waals surface area contributed by atoms with Gasteiger partial charge in [0.15, 0.2) is 0 Å². The molecule has 0 aliphatic heterocycles. The molecule has 1 unspecified atom stereocenters. The second-order valence-corrected chi connectivity index (χ2v) is 6.02. The van der Waals surface area contributed by atoms with Crippen LogP contribution >= 0.6 is 15.9 Å². The van der Waals surface area contributed by atoms with Gasteiger partial charge in [0.2, 0.25) is 0 Å². The van der Waals surface area contributed by atoms with Crippen LogP contribution in [0.15, 0.2) is 53.0 Å². The lowest BCUT2D eigenvalue weighted by Crippen LogP contribution is -2.38. The van der Waals surface area contributed by atoms with Crippen LogP contribution in [-0.2, 0) is 12.8 Å². The first kappa shape index (κ1) is 13.4. The topological polar surface area (TPSA) is 29.1 Å². The summed E-state index contributed by atoms with van der Waals surface area (Å²) in [5.41, 5.74) is 3.47. The third kappa shape index (κ3) is 2.78. The first-order chi connectivity index (χ1) is 9.74. The van der Waals surface area contributed by atoms with Crippen LogP contribution in [0.2, 0.25) is 0 Å². The Morgan fingerprint density at radius 1 is 1.05 bits per heavy atom. The van der Waals surface area contributed by atoms with Crippen molar-refractivity contribution in [2.75, 3.05) is 0 Å². The Hall–Kier alpha value is -1.61. The number of hydrogen-bond donors (Lipinski definition) is 1. The van der Waals surface area contributed by atoms with Gasteiger partial charge in [-0.2, -0.15) is 0 Å². The fourth-order valence-corrected chi connectivity index (χ4v) is 3.19. The quantitative estimate of drug-likeness (QED) is 0.893. The van der Waals surface area contributed by atoms with Crippen LogP contribution in [0.5, 0.6) is 0 Å². The maximum absolute atomic E-state index is 12.3. The molecule has 102 valence electrons. The van der Waals surface area contributed by atoms with Crippen LogP contribution in [0, 0.1) is 0 Å². The molecule has 2 nitrogen and oxygen atoms in total. The molecular formula is C17H16BrNO. The number of fused-ring (bicyclic) bond motifs is 1. The van der Waals surface area contributed by atoms with E-state index in [1.165, 1.54) is 11.1 Å². The number of hydrogen-bond acceptors (Lipinski definition) is 1. The second-order valence-electron chi connectivity index (χ2n) is 5.16. The van der Waals surface area contributed by atoms with Crippen molar-refractivity contribution in [2.45, 2.75) is 25.3 Å². The summed E-state index contributed by atoms with van der Waals surface area (Å²) in [6.07, 6.45) is 2.97. The molecule has 0 bridgehead atoms. The zero-order valence-electron chi connectivity index (χ0n) is 11.1. The van der Waals surface area contributed by atoms with Crippen LogP contribution in [0.25, 0.3) is 0 Å². The molecule has 20 heavy (non-hydrogen) atoms. The molecular weight excluding hydrogens is 314 g/mol. The summed E-state index contributed by atoms with van der Waals surface area (Å²) in [4.78, 5) is 12.3. The second kappa shape index (κ2) is 5.80. The van der Waals surface area contributed by atoms with Gasteiger partial charge in [0.1, 0.15) is 0 Å². The van der Waals surface area contributed by atoms with Gasteiger partial charge in [-0.25, -0.2) is 0 Å². The minimum absolute atomic E-state index is 0.00172. The molecule has 0 radical (unpaired) electrons. The third-order valence-electron chi connectivity index (χ3n) is 3.80. The van der Waals surface area contributed by atoms with Gasteiger partial charge >= 0.3 is 0 Å². The first-order valence-corrected chi connectivity index (χ1v) is 7.65. The average molecular weight is 330 g/mol. The summed E-state index contributed by atoms with van der Waals surface area (Å²) >= 11 is 3.43. The van der Waals surface area contributed by atoms with E-state index >= 15 is 0 Å². The normalized spacial score (nSPS) is 17.4. The number of aryl methyl sites for hydroxylation is 1. The number of amides is 1. The zero-order valence-corrected chi connectivity index (χ0v) is 12.7. The van der Waals surface area contributed by atoms with E-state index < -0.39 is 0 Å². The minimum atomic E-state index is 0.00172. The maximum atomic E-state index is 12.3. The van der Waals surface area contributed by atoms with E-state index in [9.17, 15) is 4.79 Å². The molecule has 0 saturated heterocycles. The summed E-state index contributed by atoms with van der Waals surface area (Å²) < 4.78 is 0.841. The van der Waals surface area contributed by atoms with E-state index in [2.05, 4.69) is 45.5 Å². The Balaban J connectivity index is 1.71. The fraction of sp³-hybridized carbons (Fsp3) is 0.235. The van der Waals surface area contributed by atoms with Gasteiger partial charge in [0.05, 0.1) is 5.56 Å². The van der Waals surface area contributed by atoms with E-state index in [0.717, 1.165) is 23.7 Å². The predicted octanol–water partition coefficient (Wildman–Crippen LogP) is 3.74. The number of halogens is 1. The van der Waals surface area contributed by atoms with Crippen molar-refractivity contribution >= 4 is 21.8 Å². The molecule has 1 atom stereocenters. The Bertz CT molecular complexity index is 638. The molecule has 0 spiro atoms. The molecule has 0 fully saturated rings. The van der Waals surface area contributed by atoms with Gasteiger partial charge in [-0.3, -0.25) is 4.79 Å². The van der Waals surface area contributed by atoms with Gasteiger partial charge < -0.3 is 5.32 Å². The Labute approximate surface area is 127 Å². The van der Waals surface area contributed by atoms with Gasteiger partial charge in [0, 0.05) is 10.5 Å². The highest BCUT2D eigenvalue weighted by molar-refractivity contribution is 9.10. The molecule has 1 aliphatic carbocycles. The van der Waals surface area contributed by atoms with Crippen molar-refractivity contribution in [2.24, 2.45) is 0 Å². The lowest BCUT2D eigenvalue weighted by Gasteiger charge is -2.25. The molecule has 2 aromatic carbocycles. The van der Waals surface area contributed by atoms with Crippen LogP contribution in [0.1, 0.15) is 27.9 Å². The highest BCUT2D eigenvalue weighted by Gasteiger charge is 2.20. The third-order valence-corrected chi connectivity index (χ3v) is 4.49. The van der Waals surface area contributed by atoms with E-state index in [-0.39, 0.29) is 11.9 Å². The van der Waals surface area contributed by atoms with Crippen LogP contribution in [0.4, 0.5) is 0 Å². The number of carbonyl (C=O) groups excluding carboxylic acids is 1. The van der Waals surface area contributed by atoms with Gasteiger partial charge in [-0.05, 0) is 58.5 Å². The van der Waals surface area contributed by atoms with Crippen LogP contribution < -0.4 is 5.32 Å². The lowest BCUT2D eigenvalue weighted by molar-refractivity contribution is 0.0933. The smallest absolute Gasteiger partial charge is 0.252 e. The summed E-state index contributed by atoms with van der Waals surface area (Å²) in [6, 6.07) is 16.3. The lowest BCUT2D eigenvalue weighted by atomic mass is 9.88. The van der Waals surface area contributed by atoms with Gasteiger partial charge in [-0.15, -0.1) is 0 Å². The number of rotatable bonds is 2. The molecule has 1 N–H and O–H groups in total. The molecule has 0 heterocycles. The summed E-state index contributed by atoms with van der Waals surface area (Å²) in [5, 5.41) is 3.15. The number of benzene rings is 2. The zero-order chi connectivity index (χ0) is 13.9. The Morgan fingerprint density at radius 3 is 2.55 bits per heavy atom. The molecule has 3 rings (SSSR count). The maximum Gasteiger partial charge on any atom is 0.252 e. The molecule has 1 amide bonds. The van der Waals surface area contributed by atoms with Crippen molar-refractivity contribution in [3.8, 4) is 0 Å². The van der Waals surface area contributed by atoms with Crippen LogP contribution in [-0.4, -0.2) is 11.9 Å². The van der Waals surface area contributed by atoms with Gasteiger partial charge in [-0.1, -0.05) is 36.4 Å². The van der Waals surface area contributed by atoms with Gasteiger partial charge in [0.25, 0.3) is 5.91 Å². The largest absolute Gasteiger partial charge is 0.349 e. The summed E-state index contributed by atoms with van der Waals surface area (Å²) in [6.45, 7) is 0. The van der Waals surface area contributed by atoms with Crippen molar-refractivity contribution in [1.82, 2.24) is 5.32 Å². The van der Waals surface area contributed by atoms with E-state index in [1.54, 1.807) is 0 Å². The van der Waals surface area contributed by atoms with Crippen molar-refractivity contribution < 1.29 is 4.79 Å². The predicted molar refractivity (Wildman–Crippen MR) is 83.9 cm³/mol. The Morgan fingerprint density at radius 2 is 1.75 bits per heavy atom. The highest BCUT2D eigenvalue weighted by Crippen LogP contribution is 2.22. The standard InChI is InChI=1S/C17H16BrNO/c18-16-8-4-3-7-15(16)17(20)19-14-10-9-12-5-1-2-6-13(12)11-14/h1-8,14H,9-11H2,(H,19,20). The molecule has 2 aromatic rings. The van der Waals surface area contributed by atoms with Crippen LogP contribution in [0.3, 0.4) is 0 Å². The van der Waals surface area contributed by atoms with Crippen molar-refractivity contribution in [3.63, 3.8) is 0 Å². The highest BCUT2D eigenvalue weighted by atomic mass is 79.9. The van der Waals surface area contributed by atoms with E-state index in [0.29, 0.717) is 5.56 Å². The number of nitrogens with one attached hydrogen (secondary N) is 1. The fourth-order valence-electron chi connectivity index (χ4n) is 2.73. The summed E-state index contributed by atoms with van der Waals surface area (Å²) in [5.74, 6) is 0.00172. The minimum Gasteiger partial charge on any atom is -0.349 e. The molecule has 0 saturated carbocycles. The number of carbonyl (C=O) groups is 1. The molecule has 3 heteroatoms. The first-order valence-electron chi connectivity index (χ1n) is 6.86. The SMILES string of the molecule is O=C(NC1CCc2ccccc2C1)c1ccccc1Br. The summed E-state index contributed by atoms with van der Waals surface area (Å²) in [7, 11) is 0. The monoisotopic (exact) mass is 329 g/mol. The van der Waals surface area contributed by atoms with E-state index in [1.807, 2.05) is 24.3 Å². The van der Waals surface area contributed by atoms with Crippen molar-refractivity contribution in [1.29, 1.82) is 0 Å². The van der Waals surface area contributed by atoms with Crippen molar-refractivity contribution in [3.05, 3.63) is 69.7 Å².